The van der Waals surface area contributed by atoms with Crippen molar-refractivity contribution in [2.24, 2.45) is 0 Å². The molecule has 0 bridgehead atoms. The largest absolute Gasteiger partial charge is 0.378 e. The average Bonchev–Trinajstić information content (AvgIpc) is 3.44. The number of carbonyl (C=O) groups excluding carboxylic acids is 2. The Labute approximate surface area is 190 Å². The van der Waals surface area contributed by atoms with Crippen LogP contribution < -0.4 is 15.5 Å². The smallest absolute Gasteiger partial charge is 0.321 e. The van der Waals surface area contributed by atoms with E-state index in [-0.39, 0.29) is 11.9 Å². The summed E-state index contributed by atoms with van der Waals surface area (Å²) in [6.45, 7) is 4.09. The lowest BCUT2D eigenvalue weighted by molar-refractivity contribution is -0.119. The van der Waals surface area contributed by atoms with Gasteiger partial charge in [0.25, 0.3) is 0 Å². The zero-order valence-electron chi connectivity index (χ0n) is 17.9. The molecule has 0 radical (unpaired) electrons. The number of benzene rings is 1. The van der Waals surface area contributed by atoms with Crippen molar-refractivity contribution >= 4 is 29.6 Å². The van der Waals surface area contributed by atoms with Crippen LogP contribution in [0.4, 0.5) is 15.1 Å². The topological polar surface area (TPSA) is 101 Å². The third-order valence-electron chi connectivity index (χ3n) is 5.56. The van der Waals surface area contributed by atoms with Crippen molar-refractivity contribution in [2.75, 3.05) is 31.2 Å². The van der Waals surface area contributed by atoms with E-state index in [4.69, 9.17) is 4.74 Å². The molecule has 1 unspecified atom stereocenters. The minimum atomic E-state index is -0.613. The van der Waals surface area contributed by atoms with Gasteiger partial charge in [-0.25, -0.2) is 9.18 Å². The molecule has 2 aromatic rings. The van der Waals surface area contributed by atoms with Gasteiger partial charge in [0.15, 0.2) is 5.16 Å². The van der Waals surface area contributed by atoms with Gasteiger partial charge in [-0.3, -0.25) is 14.7 Å². The zero-order valence-corrected chi connectivity index (χ0v) is 18.7. The third kappa shape index (κ3) is 5.39. The summed E-state index contributed by atoms with van der Waals surface area (Å²) in [5.41, 5.74) is 0.561. The maximum absolute atomic E-state index is 14.0. The molecule has 2 fully saturated rings. The van der Waals surface area contributed by atoms with Crippen LogP contribution in [0.2, 0.25) is 0 Å². The number of aromatic nitrogens is 3. The molecule has 11 heteroatoms. The minimum absolute atomic E-state index is 0.123. The SMILES string of the molecule is CC(Sc1nnc(N2CCOCC2)n1-c1cccc(F)c1)C(=O)NC(=O)NC1CCCC1. The standard InChI is InChI=1S/C21H27FN6O3S/c1-14(18(29)24-19(30)23-16-6-2-3-7-16)32-21-26-25-20(27-9-11-31-12-10-27)28(21)17-8-4-5-15(22)13-17/h4-5,8,13-14,16H,2-3,6-7,9-12H2,1H3,(H2,23,24,29,30). The van der Waals surface area contributed by atoms with Crippen LogP contribution in [0.3, 0.4) is 0 Å². The third-order valence-corrected chi connectivity index (χ3v) is 6.60. The number of carbonyl (C=O) groups is 2. The molecule has 2 aliphatic rings. The molecule has 3 amide bonds. The van der Waals surface area contributed by atoms with E-state index in [9.17, 15) is 14.0 Å². The van der Waals surface area contributed by atoms with Crippen LogP contribution in [-0.2, 0) is 9.53 Å². The second kappa shape index (κ2) is 10.3. The number of thioether (sulfide) groups is 1. The molecule has 1 aliphatic carbocycles. The van der Waals surface area contributed by atoms with Gasteiger partial charge < -0.3 is 15.0 Å². The lowest BCUT2D eigenvalue weighted by atomic mass is 10.2. The summed E-state index contributed by atoms with van der Waals surface area (Å²) in [6, 6.07) is 5.80. The van der Waals surface area contributed by atoms with Crippen molar-refractivity contribution in [3.05, 3.63) is 30.1 Å². The van der Waals surface area contributed by atoms with Crippen LogP contribution in [-0.4, -0.2) is 64.3 Å². The highest BCUT2D eigenvalue weighted by atomic mass is 32.2. The Kier molecular flexibility index (Phi) is 7.26. The summed E-state index contributed by atoms with van der Waals surface area (Å²) in [4.78, 5) is 26.8. The van der Waals surface area contributed by atoms with Crippen LogP contribution in [0.5, 0.6) is 0 Å². The maximum Gasteiger partial charge on any atom is 0.321 e. The number of urea groups is 1. The van der Waals surface area contributed by atoms with Crippen LogP contribution in [0.25, 0.3) is 5.69 Å². The van der Waals surface area contributed by atoms with E-state index in [0.29, 0.717) is 43.1 Å². The molecule has 1 saturated carbocycles. The van der Waals surface area contributed by atoms with Crippen LogP contribution in [0.15, 0.2) is 29.4 Å². The molecule has 4 rings (SSSR count). The molecule has 172 valence electrons. The molecule has 1 aromatic heterocycles. The van der Waals surface area contributed by atoms with Crippen molar-refractivity contribution < 1.29 is 18.7 Å². The first-order chi connectivity index (χ1) is 15.5. The Bertz CT molecular complexity index is 959. The highest BCUT2D eigenvalue weighted by Crippen LogP contribution is 2.30. The lowest BCUT2D eigenvalue weighted by Crippen LogP contribution is -2.46. The number of amides is 3. The number of ether oxygens (including phenoxy) is 1. The number of hydrogen-bond donors (Lipinski definition) is 2. The fraction of sp³-hybridized carbons (Fsp3) is 0.524. The van der Waals surface area contributed by atoms with E-state index in [1.807, 2.05) is 4.90 Å². The summed E-state index contributed by atoms with van der Waals surface area (Å²) in [5, 5.41) is 13.7. The summed E-state index contributed by atoms with van der Waals surface area (Å²) in [7, 11) is 0. The zero-order chi connectivity index (χ0) is 22.5. The summed E-state index contributed by atoms with van der Waals surface area (Å²) in [5.74, 6) is -0.241. The van der Waals surface area contributed by atoms with E-state index in [0.717, 1.165) is 25.7 Å². The molecular formula is C21H27FN6O3S. The average molecular weight is 463 g/mol. The molecular weight excluding hydrogens is 435 g/mol. The number of rotatable bonds is 6. The van der Waals surface area contributed by atoms with Crippen LogP contribution >= 0.6 is 11.8 Å². The first kappa shape index (κ1) is 22.5. The van der Waals surface area contributed by atoms with E-state index in [1.54, 1.807) is 23.6 Å². The molecule has 9 nitrogen and oxygen atoms in total. The molecule has 2 N–H and O–H groups in total. The fourth-order valence-electron chi connectivity index (χ4n) is 3.86. The molecule has 1 saturated heterocycles. The van der Waals surface area contributed by atoms with Gasteiger partial charge in [-0.2, -0.15) is 0 Å². The van der Waals surface area contributed by atoms with Crippen molar-refractivity contribution in [3.63, 3.8) is 0 Å². The molecule has 1 aromatic carbocycles. The first-order valence-electron chi connectivity index (χ1n) is 10.8. The number of anilines is 1. The highest BCUT2D eigenvalue weighted by Gasteiger charge is 2.26. The van der Waals surface area contributed by atoms with Gasteiger partial charge in [0.1, 0.15) is 5.82 Å². The van der Waals surface area contributed by atoms with Crippen molar-refractivity contribution in [1.82, 2.24) is 25.4 Å². The monoisotopic (exact) mass is 462 g/mol. The van der Waals surface area contributed by atoms with E-state index in [1.165, 1.54) is 23.9 Å². The van der Waals surface area contributed by atoms with E-state index in [2.05, 4.69) is 20.8 Å². The Hall–Kier alpha value is -2.66. The highest BCUT2D eigenvalue weighted by molar-refractivity contribution is 8.00. The number of imide groups is 1. The van der Waals surface area contributed by atoms with Gasteiger partial charge >= 0.3 is 6.03 Å². The number of nitrogens with zero attached hydrogens (tertiary/aromatic N) is 4. The predicted molar refractivity (Wildman–Crippen MR) is 119 cm³/mol. The molecule has 1 atom stereocenters. The second-order valence-corrected chi connectivity index (χ2v) is 9.21. The Morgan fingerprint density at radius 2 is 1.97 bits per heavy atom. The Balaban J connectivity index is 1.50. The predicted octanol–water partition coefficient (Wildman–Crippen LogP) is 2.49. The lowest BCUT2D eigenvalue weighted by Gasteiger charge is -2.28. The van der Waals surface area contributed by atoms with Gasteiger partial charge in [0.2, 0.25) is 11.9 Å². The van der Waals surface area contributed by atoms with Gasteiger partial charge in [-0.1, -0.05) is 30.7 Å². The van der Waals surface area contributed by atoms with Crippen molar-refractivity contribution in [3.8, 4) is 5.69 Å². The van der Waals surface area contributed by atoms with Crippen LogP contribution in [0.1, 0.15) is 32.6 Å². The summed E-state index contributed by atoms with van der Waals surface area (Å²) >= 11 is 1.17. The molecule has 32 heavy (non-hydrogen) atoms. The number of nitrogens with one attached hydrogen (secondary N) is 2. The van der Waals surface area contributed by atoms with Crippen molar-refractivity contribution in [1.29, 1.82) is 0 Å². The second-order valence-electron chi connectivity index (χ2n) is 7.90. The summed E-state index contributed by atoms with van der Waals surface area (Å²) in [6.07, 6.45) is 4.05. The van der Waals surface area contributed by atoms with E-state index >= 15 is 0 Å². The Morgan fingerprint density at radius 3 is 2.69 bits per heavy atom. The van der Waals surface area contributed by atoms with Crippen molar-refractivity contribution in [2.45, 2.75) is 49.1 Å². The molecule has 1 aliphatic heterocycles. The van der Waals surface area contributed by atoms with Crippen LogP contribution in [0, 0.1) is 5.82 Å². The quantitative estimate of drug-likeness (QED) is 0.636. The van der Waals surface area contributed by atoms with Gasteiger partial charge in [0, 0.05) is 19.1 Å². The number of morpholine rings is 1. The maximum atomic E-state index is 14.0. The number of hydrogen-bond acceptors (Lipinski definition) is 7. The normalized spacial score (nSPS) is 17.9. The van der Waals surface area contributed by atoms with E-state index < -0.39 is 17.2 Å². The fourth-order valence-corrected chi connectivity index (χ4v) is 4.73. The minimum Gasteiger partial charge on any atom is -0.378 e. The van der Waals surface area contributed by atoms with Gasteiger partial charge in [-0.15, -0.1) is 10.2 Å². The van der Waals surface area contributed by atoms with Gasteiger partial charge in [0.05, 0.1) is 24.2 Å². The van der Waals surface area contributed by atoms with Gasteiger partial charge in [-0.05, 0) is 38.0 Å². The Morgan fingerprint density at radius 1 is 1.22 bits per heavy atom. The first-order valence-corrected chi connectivity index (χ1v) is 11.7. The number of halogens is 1. The molecule has 2 heterocycles. The summed E-state index contributed by atoms with van der Waals surface area (Å²) < 4.78 is 21.1. The molecule has 0 spiro atoms.